The number of aliphatic hydroxyl groups is 3. The maximum absolute atomic E-state index is 13.1. The van der Waals surface area contributed by atoms with E-state index in [1.165, 1.54) is 116 Å². The maximum Gasteiger partial charge on any atom is 0.472 e. The second-order valence-corrected chi connectivity index (χ2v) is 21.2. The third-order valence-electron chi connectivity index (χ3n) is 11.4. The van der Waals surface area contributed by atoms with Crippen molar-refractivity contribution in [1.29, 1.82) is 0 Å². The molecule has 19 nitrogen and oxygen atoms in total. The Labute approximate surface area is 387 Å². The van der Waals surface area contributed by atoms with Gasteiger partial charge in [-0.15, -0.1) is 0 Å². The number of rotatable bonds is 42. The molecule has 1 rings (SSSR count). The molecule has 1 aliphatic rings. The summed E-state index contributed by atoms with van der Waals surface area (Å²) < 4.78 is 65.5. The minimum atomic E-state index is -5.59. The highest BCUT2D eigenvalue weighted by Gasteiger charge is 2.56. The van der Waals surface area contributed by atoms with E-state index < -0.39 is 91.3 Å². The van der Waals surface area contributed by atoms with Crippen LogP contribution in [0.3, 0.4) is 0 Å². The van der Waals surface area contributed by atoms with Gasteiger partial charge in [0.1, 0.15) is 43.2 Å². The molecule has 1 fully saturated rings. The lowest BCUT2D eigenvalue weighted by Crippen LogP contribution is -2.65. The Kier molecular flexibility index (Phi) is 34.6. The van der Waals surface area contributed by atoms with Gasteiger partial charge in [0.15, 0.2) is 6.10 Å². The molecule has 8 atom stereocenters. The number of hydrogen-bond acceptors (Lipinski definition) is 14. The third kappa shape index (κ3) is 32.6. The smallest absolute Gasteiger partial charge is 0.462 e. The molecule has 65 heavy (non-hydrogen) atoms. The summed E-state index contributed by atoms with van der Waals surface area (Å²) in [5, 5.41) is 31.9. The van der Waals surface area contributed by atoms with E-state index in [1.807, 2.05) is 0 Å². The fraction of sp³-hybridized carbons (Fsp3) is 0.953. The summed E-state index contributed by atoms with van der Waals surface area (Å²) in [6.45, 7) is 2.96. The third-order valence-corrected chi connectivity index (χ3v) is 13.4. The highest BCUT2D eigenvalue weighted by Crippen LogP contribution is 2.51. The quantitative estimate of drug-likeness (QED) is 0.0161. The number of esters is 2. The first kappa shape index (κ1) is 62.2. The summed E-state index contributed by atoms with van der Waals surface area (Å²) in [5.41, 5.74) is 0. The molecule has 0 amide bonds. The monoisotopic (exact) mass is 998 g/mol. The van der Waals surface area contributed by atoms with Crippen molar-refractivity contribution in [2.45, 2.75) is 249 Å². The van der Waals surface area contributed by atoms with Crippen LogP contribution in [-0.4, -0.2) is 108 Å². The van der Waals surface area contributed by atoms with Crippen LogP contribution in [0.2, 0.25) is 0 Å². The van der Waals surface area contributed by atoms with Gasteiger partial charge in [-0.25, -0.2) is 13.7 Å². The number of carbonyl (C=O) groups is 2. The zero-order chi connectivity index (χ0) is 48.6. The Bertz CT molecular complexity index is 1380. The first-order chi connectivity index (χ1) is 30.8. The number of unbranched alkanes of at least 4 members (excludes halogenated alkanes) is 26. The molecule has 0 heterocycles. The van der Waals surface area contributed by atoms with Crippen LogP contribution in [0.15, 0.2) is 0 Å². The molecule has 1 saturated carbocycles. The first-order valence-corrected chi connectivity index (χ1v) is 28.9. The number of carbonyl (C=O) groups excluding carboxylic acids is 2. The zero-order valence-electron chi connectivity index (χ0n) is 39.1. The molecule has 0 bridgehead atoms. The van der Waals surface area contributed by atoms with E-state index in [9.17, 15) is 63.1 Å². The van der Waals surface area contributed by atoms with Crippen LogP contribution in [-0.2, 0) is 50.9 Å². The van der Waals surface area contributed by atoms with Crippen molar-refractivity contribution in [3.8, 4) is 0 Å². The maximum atomic E-state index is 13.1. The molecule has 386 valence electrons. The van der Waals surface area contributed by atoms with Crippen molar-refractivity contribution in [2.24, 2.45) is 0 Å². The minimum absolute atomic E-state index is 0.00605. The highest BCUT2D eigenvalue weighted by atomic mass is 31.2. The van der Waals surface area contributed by atoms with Crippen LogP contribution in [0.5, 0.6) is 0 Å². The lowest BCUT2D eigenvalue weighted by Gasteiger charge is -2.44. The Morgan fingerprint density at radius 2 is 0.754 bits per heavy atom. The average molecular weight is 999 g/mol. The van der Waals surface area contributed by atoms with Crippen LogP contribution >= 0.6 is 23.5 Å². The molecule has 0 radical (unpaired) electrons. The van der Waals surface area contributed by atoms with Crippen molar-refractivity contribution in [3.05, 3.63) is 0 Å². The van der Waals surface area contributed by atoms with Gasteiger partial charge in [-0.2, -0.15) is 0 Å². The van der Waals surface area contributed by atoms with Gasteiger partial charge in [0.05, 0.1) is 6.61 Å². The number of phosphoric acid groups is 3. The van der Waals surface area contributed by atoms with Crippen LogP contribution in [0.25, 0.3) is 0 Å². The standard InChI is InChI=1S/C43H85O19P3/c1-3-5-7-9-11-13-15-17-18-20-22-24-26-28-30-32-37(45)59-35(33-57-36(44)31-29-27-25-23-21-19-16-14-12-10-8-6-4-2)34-58-65(55,56)62-41-38(46)39(47)42(60-63(49,50)51)43(40(41)48)61-64(52,53)54/h35,38-43,46-48H,3-34H2,1-2H3,(H,55,56)(H2,49,50,51)(H2,52,53,54)/t35-,38-,39-,40+,41+,42+,43+/m1/s1. The van der Waals surface area contributed by atoms with Crippen molar-refractivity contribution >= 4 is 35.4 Å². The Morgan fingerprint density at radius 3 is 1.12 bits per heavy atom. The number of ether oxygens (including phenoxy) is 2. The number of hydrogen-bond donors (Lipinski definition) is 8. The van der Waals surface area contributed by atoms with Crippen molar-refractivity contribution in [1.82, 2.24) is 0 Å². The van der Waals surface area contributed by atoms with E-state index in [-0.39, 0.29) is 12.8 Å². The molecule has 0 aromatic heterocycles. The van der Waals surface area contributed by atoms with Gasteiger partial charge in [-0.3, -0.25) is 27.7 Å². The highest BCUT2D eigenvalue weighted by molar-refractivity contribution is 7.47. The topological polar surface area (TPSA) is 303 Å². The van der Waals surface area contributed by atoms with Crippen LogP contribution in [0, 0.1) is 0 Å². The summed E-state index contributed by atoms with van der Waals surface area (Å²) in [5.74, 6) is -1.28. The molecule has 22 heteroatoms. The Hall–Kier alpha value is -0.850. The van der Waals surface area contributed by atoms with Crippen molar-refractivity contribution < 1.29 is 90.6 Å². The fourth-order valence-corrected chi connectivity index (χ4v) is 9.86. The molecular formula is C43H85O19P3. The fourth-order valence-electron chi connectivity index (χ4n) is 7.76. The summed E-state index contributed by atoms with van der Waals surface area (Å²) in [6, 6.07) is 0. The van der Waals surface area contributed by atoms with Gasteiger partial charge in [-0.05, 0) is 12.8 Å². The number of phosphoric ester groups is 3. The van der Waals surface area contributed by atoms with Gasteiger partial charge >= 0.3 is 35.4 Å². The molecule has 1 unspecified atom stereocenters. The van der Waals surface area contributed by atoms with Crippen LogP contribution in [0.1, 0.15) is 206 Å². The van der Waals surface area contributed by atoms with Gasteiger partial charge in [0.2, 0.25) is 0 Å². The van der Waals surface area contributed by atoms with Gasteiger partial charge in [0, 0.05) is 12.8 Å². The predicted octanol–water partition coefficient (Wildman–Crippen LogP) is 8.74. The summed E-state index contributed by atoms with van der Waals surface area (Å²) in [4.78, 5) is 73.2. The summed E-state index contributed by atoms with van der Waals surface area (Å²) in [6.07, 6.45) is 15.5. The Morgan fingerprint density at radius 1 is 0.431 bits per heavy atom. The van der Waals surface area contributed by atoms with E-state index in [2.05, 4.69) is 22.9 Å². The molecule has 0 aromatic carbocycles. The van der Waals surface area contributed by atoms with Crippen LogP contribution < -0.4 is 0 Å². The normalized spacial score (nSPS) is 21.8. The average Bonchev–Trinajstić information content (AvgIpc) is 3.23. The Balaban J connectivity index is 2.72. The molecule has 0 spiro atoms. The molecule has 1 aliphatic carbocycles. The van der Waals surface area contributed by atoms with E-state index in [4.69, 9.17) is 18.5 Å². The second-order valence-electron chi connectivity index (χ2n) is 17.4. The van der Waals surface area contributed by atoms with E-state index in [1.54, 1.807) is 0 Å². The number of aliphatic hydroxyl groups excluding tert-OH is 3. The molecule has 0 aliphatic heterocycles. The van der Waals surface area contributed by atoms with Gasteiger partial charge < -0.3 is 49.3 Å². The predicted molar refractivity (Wildman–Crippen MR) is 243 cm³/mol. The first-order valence-electron chi connectivity index (χ1n) is 24.3. The molecule has 0 aromatic rings. The van der Waals surface area contributed by atoms with Crippen molar-refractivity contribution in [3.63, 3.8) is 0 Å². The van der Waals surface area contributed by atoms with Crippen molar-refractivity contribution in [2.75, 3.05) is 13.2 Å². The lowest BCUT2D eigenvalue weighted by atomic mass is 9.85. The summed E-state index contributed by atoms with van der Waals surface area (Å²) >= 11 is 0. The van der Waals surface area contributed by atoms with Crippen LogP contribution in [0.4, 0.5) is 0 Å². The largest absolute Gasteiger partial charge is 0.472 e. The molecular weight excluding hydrogens is 913 g/mol. The lowest BCUT2D eigenvalue weighted by molar-refractivity contribution is -0.213. The van der Waals surface area contributed by atoms with Gasteiger partial charge in [-0.1, -0.05) is 181 Å². The van der Waals surface area contributed by atoms with E-state index in [0.29, 0.717) is 12.8 Å². The minimum Gasteiger partial charge on any atom is -0.462 e. The van der Waals surface area contributed by atoms with E-state index in [0.717, 1.165) is 51.4 Å². The molecule has 0 saturated heterocycles. The summed E-state index contributed by atoms with van der Waals surface area (Å²) in [7, 11) is -16.6. The SMILES string of the molecule is CCCCCCCCCCCCCCCCCC(=O)O[C@H](COC(=O)CCCCCCCCCCCCCCC)COP(=O)(O)O[C@H]1[C@H](O)[C@@H](O)[C@H](OP(=O)(O)O)[C@@H](OP(=O)(O)O)[C@H]1O. The van der Waals surface area contributed by atoms with E-state index >= 15 is 0 Å². The second kappa shape index (κ2) is 36.1. The molecule has 8 N–H and O–H groups in total. The van der Waals surface area contributed by atoms with Gasteiger partial charge in [0.25, 0.3) is 0 Å². The zero-order valence-corrected chi connectivity index (χ0v) is 41.8.